The highest BCUT2D eigenvalue weighted by Gasteiger charge is 2.49. The lowest BCUT2D eigenvalue weighted by atomic mass is 10.0. The van der Waals surface area contributed by atoms with Crippen LogP contribution in [0.4, 0.5) is 0 Å². The van der Waals surface area contributed by atoms with Crippen molar-refractivity contribution >= 4 is 30.0 Å². The standard InChI is InChI=1S/C35H28O9/c36-29(22-21-24-13-5-1-6-14-24)42-35-31(44-34(39)27-19-11-4-12-20-27)30(43-33(38)26-17-9-3-10-18-26)28(23-40-35)41-32(37)25-15-7-2-8-16-25/h1-22,28,30-31,35H,23H2/b22-21+/t28-,30+,31-,35+/m1/s1. The van der Waals surface area contributed by atoms with Gasteiger partial charge >= 0.3 is 23.9 Å². The smallest absolute Gasteiger partial charge is 0.338 e. The molecule has 0 N–H and O–H groups in total. The average Bonchev–Trinajstić information content (AvgIpc) is 3.07. The van der Waals surface area contributed by atoms with Gasteiger partial charge in [0.25, 0.3) is 0 Å². The monoisotopic (exact) mass is 592 g/mol. The fourth-order valence-electron chi connectivity index (χ4n) is 4.41. The Hall–Kier alpha value is -5.54. The molecule has 0 amide bonds. The lowest BCUT2D eigenvalue weighted by Crippen LogP contribution is -2.58. The molecule has 0 spiro atoms. The van der Waals surface area contributed by atoms with Crippen molar-refractivity contribution in [3.63, 3.8) is 0 Å². The molecule has 0 bridgehead atoms. The summed E-state index contributed by atoms with van der Waals surface area (Å²) in [4.78, 5) is 52.3. The summed E-state index contributed by atoms with van der Waals surface area (Å²) in [6.45, 7) is -0.328. The Balaban J connectivity index is 1.45. The summed E-state index contributed by atoms with van der Waals surface area (Å²) in [5, 5.41) is 0. The maximum atomic E-state index is 13.2. The van der Waals surface area contributed by atoms with Crippen molar-refractivity contribution in [1.29, 1.82) is 0 Å². The van der Waals surface area contributed by atoms with Gasteiger partial charge in [-0.15, -0.1) is 0 Å². The molecule has 222 valence electrons. The summed E-state index contributed by atoms with van der Waals surface area (Å²) in [5.74, 6) is -3.08. The van der Waals surface area contributed by atoms with Crippen molar-refractivity contribution in [1.82, 2.24) is 0 Å². The van der Waals surface area contributed by atoms with E-state index in [2.05, 4.69) is 0 Å². The quantitative estimate of drug-likeness (QED) is 0.146. The van der Waals surface area contributed by atoms with Crippen LogP contribution < -0.4 is 0 Å². The number of benzene rings is 4. The van der Waals surface area contributed by atoms with Gasteiger partial charge in [-0.25, -0.2) is 19.2 Å². The van der Waals surface area contributed by atoms with Crippen molar-refractivity contribution in [3.05, 3.63) is 150 Å². The third-order valence-electron chi connectivity index (χ3n) is 6.60. The van der Waals surface area contributed by atoms with E-state index < -0.39 is 48.5 Å². The summed E-state index contributed by atoms with van der Waals surface area (Å²) in [6.07, 6.45) is -2.90. The fourth-order valence-corrected chi connectivity index (χ4v) is 4.41. The van der Waals surface area contributed by atoms with Crippen LogP contribution in [0.3, 0.4) is 0 Å². The van der Waals surface area contributed by atoms with Crippen LogP contribution in [0.15, 0.2) is 127 Å². The SMILES string of the molecule is O=C(/C=C/c1ccccc1)O[C@@H]1OC[C@@H](OC(=O)c2ccccc2)[C@H](OC(=O)c2ccccc2)[C@H]1OC(=O)c1ccccc1. The first kappa shape index (κ1) is 29.9. The lowest BCUT2D eigenvalue weighted by molar-refractivity contribution is -0.259. The van der Waals surface area contributed by atoms with E-state index in [9.17, 15) is 19.2 Å². The average molecular weight is 593 g/mol. The maximum absolute atomic E-state index is 13.2. The molecule has 5 rings (SSSR count). The molecule has 4 atom stereocenters. The zero-order valence-electron chi connectivity index (χ0n) is 23.4. The molecule has 0 aliphatic carbocycles. The van der Waals surface area contributed by atoms with Crippen molar-refractivity contribution in [2.75, 3.05) is 6.61 Å². The number of carbonyl (C=O) groups is 4. The molecule has 4 aromatic carbocycles. The van der Waals surface area contributed by atoms with Gasteiger partial charge in [0, 0.05) is 6.08 Å². The number of ether oxygens (including phenoxy) is 5. The largest absolute Gasteiger partial charge is 0.452 e. The molecule has 1 fully saturated rings. The van der Waals surface area contributed by atoms with Gasteiger partial charge in [-0.05, 0) is 48.0 Å². The molecule has 1 aliphatic heterocycles. The molecule has 0 aromatic heterocycles. The van der Waals surface area contributed by atoms with Crippen LogP contribution in [-0.2, 0) is 28.5 Å². The topological polar surface area (TPSA) is 114 Å². The molecule has 0 unspecified atom stereocenters. The minimum absolute atomic E-state index is 0.193. The van der Waals surface area contributed by atoms with Crippen LogP contribution in [0.25, 0.3) is 6.08 Å². The molecule has 1 heterocycles. The van der Waals surface area contributed by atoms with Crippen molar-refractivity contribution in [3.8, 4) is 0 Å². The van der Waals surface area contributed by atoms with E-state index >= 15 is 0 Å². The van der Waals surface area contributed by atoms with Crippen molar-refractivity contribution < 1.29 is 42.9 Å². The van der Waals surface area contributed by atoms with Gasteiger partial charge in [0.2, 0.25) is 12.4 Å². The van der Waals surface area contributed by atoms with E-state index in [0.29, 0.717) is 0 Å². The Kier molecular flexibility index (Phi) is 9.91. The van der Waals surface area contributed by atoms with E-state index in [0.717, 1.165) is 5.56 Å². The zero-order valence-corrected chi connectivity index (χ0v) is 23.4. The van der Waals surface area contributed by atoms with Crippen LogP contribution in [-0.4, -0.2) is 55.1 Å². The van der Waals surface area contributed by atoms with E-state index in [1.54, 1.807) is 97.1 Å². The van der Waals surface area contributed by atoms with Crippen LogP contribution in [0, 0.1) is 0 Å². The number of hydrogen-bond donors (Lipinski definition) is 0. The van der Waals surface area contributed by atoms with Crippen molar-refractivity contribution in [2.45, 2.75) is 24.6 Å². The number of esters is 4. The van der Waals surface area contributed by atoms with Gasteiger partial charge in [0.1, 0.15) is 0 Å². The zero-order chi connectivity index (χ0) is 30.7. The number of hydrogen-bond acceptors (Lipinski definition) is 9. The predicted molar refractivity (Wildman–Crippen MR) is 158 cm³/mol. The Morgan fingerprint density at radius 2 is 0.977 bits per heavy atom. The molecular formula is C35H28O9. The third-order valence-corrected chi connectivity index (χ3v) is 6.60. The highest BCUT2D eigenvalue weighted by molar-refractivity contribution is 5.91. The van der Waals surface area contributed by atoms with E-state index in [1.807, 2.05) is 18.2 Å². The molecule has 9 heteroatoms. The Labute approximate surface area is 253 Å². The van der Waals surface area contributed by atoms with Crippen LogP contribution in [0.5, 0.6) is 0 Å². The number of carbonyl (C=O) groups excluding carboxylic acids is 4. The van der Waals surface area contributed by atoms with Gasteiger partial charge in [-0.1, -0.05) is 84.9 Å². The van der Waals surface area contributed by atoms with Gasteiger partial charge in [0.05, 0.1) is 23.3 Å². The summed E-state index contributed by atoms with van der Waals surface area (Å²) in [7, 11) is 0. The summed E-state index contributed by atoms with van der Waals surface area (Å²) < 4.78 is 28.7. The highest BCUT2D eigenvalue weighted by atomic mass is 16.7. The molecule has 44 heavy (non-hydrogen) atoms. The van der Waals surface area contributed by atoms with E-state index in [4.69, 9.17) is 23.7 Å². The van der Waals surface area contributed by atoms with Gasteiger partial charge in [-0.2, -0.15) is 0 Å². The molecule has 9 nitrogen and oxygen atoms in total. The molecule has 0 saturated carbocycles. The predicted octanol–water partition coefficient (Wildman–Crippen LogP) is 5.28. The Morgan fingerprint density at radius 1 is 0.545 bits per heavy atom. The van der Waals surface area contributed by atoms with Crippen LogP contribution in [0.2, 0.25) is 0 Å². The summed E-state index contributed by atoms with van der Waals surface area (Å²) >= 11 is 0. The second-order valence-corrected chi connectivity index (χ2v) is 9.66. The first-order valence-electron chi connectivity index (χ1n) is 13.8. The van der Waals surface area contributed by atoms with E-state index in [-0.39, 0.29) is 23.3 Å². The highest BCUT2D eigenvalue weighted by Crippen LogP contribution is 2.28. The van der Waals surface area contributed by atoms with Gasteiger partial charge in [-0.3, -0.25) is 0 Å². The summed E-state index contributed by atoms with van der Waals surface area (Å²) in [5.41, 5.74) is 1.40. The Morgan fingerprint density at radius 3 is 1.48 bits per heavy atom. The molecule has 4 aromatic rings. The Bertz CT molecular complexity index is 1590. The molecule has 0 radical (unpaired) electrons. The first-order valence-corrected chi connectivity index (χ1v) is 13.8. The normalized spacial score (nSPS) is 19.5. The molecule has 1 aliphatic rings. The number of rotatable bonds is 9. The van der Waals surface area contributed by atoms with Crippen LogP contribution in [0.1, 0.15) is 36.6 Å². The second kappa shape index (κ2) is 14.6. The minimum Gasteiger partial charge on any atom is -0.452 e. The van der Waals surface area contributed by atoms with Gasteiger partial charge in [0.15, 0.2) is 12.2 Å². The minimum atomic E-state index is -1.51. The third kappa shape index (κ3) is 7.84. The maximum Gasteiger partial charge on any atom is 0.338 e. The first-order chi connectivity index (χ1) is 21.5. The molecule has 1 saturated heterocycles. The van der Waals surface area contributed by atoms with E-state index in [1.165, 1.54) is 18.2 Å². The second-order valence-electron chi connectivity index (χ2n) is 9.66. The molecular weight excluding hydrogens is 564 g/mol. The van der Waals surface area contributed by atoms with Gasteiger partial charge < -0.3 is 23.7 Å². The fraction of sp³-hybridized carbons (Fsp3) is 0.143. The van der Waals surface area contributed by atoms with Crippen molar-refractivity contribution in [2.24, 2.45) is 0 Å². The summed E-state index contributed by atoms with van der Waals surface area (Å²) in [6, 6.07) is 33.5. The lowest BCUT2D eigenvalue weighted by Gasteiger charge is -2.40. The van der Waals surface area contributed by atoms with Crippen LogP contribution >= 0.6 is 0 Å².